The Labute approximate surface area is 93.4 Å². The summed E-state index contributed by atoms with van der Waals surface area (Å²) in [6.07, 6.45) is 3.67. The third-order valence-corrected chi connectivity index (χ3v) is 2.30. The maximum atomic E-state index is 12.8. The van der Waals surface area contributed by atoms with Crippen LogP contribution < -0.4 is 0 Å². The second-order valence-corrected chi connectivity index (χ2v) is 3.62. The third kappa shape index (κ3) is 2.51. The van der Waals surface area contributed by atoms with E-state index < -0.39 is 0 Å². The molecule has 1 aromatic heterocycles. The van der Waals surface area contributed by atoms with E-state index in [0.717, 1.165) is 16.7 Å². The van der Waals surface area contributed by atoms with E-state index in [1.165, 1.54) is 12.1 Å². The zero-order valence-electron chi connectivity index (χ0n) is 9.00. The number of rotatable bonds is 1. The second kappa shape index (κ2) is 4.66. The first-order valence-electron chi connectivity index (χ1n) is 5.08. The number of H-pyrrole nitrogens is 2. The Bertz CT molecular complexity index is 507. The van der Waals surface area contributed by atoms with Crippen LogP contribution in [0, 0.1) is 12.7 Å². The molecule has 2 nitrogen and oxygen atoms in total. The predicted molar refractivity (Wildman–Crippen MR) is 62.9 cm³/mol. The van der Waals surface area contributed by atoms with Crippen LogP contribution in [0.1, 0.15) is 5.56 Å². The van der Waals surface area contributed by atoms with Gasteiger partial charge in [0.1, 0.15) is 5.82 Å². The molecule has 0 spiro atoms. The Morgan fingerprint density at radius 3 is 2.44 bits per heavy atom. The molecule has 0 bridgehead atoms. The Balaban J connectivity index is 2.52. The van der Waals surface area contributed by atoms with Crippen LogP contribution in [0.15, 0.2) is 48.8 Å². The fourth-order valence-electron chi connectivity index (χ4n) is 1.48. The highest BCUT2D eigenvalue weighted by atomic mass is 19.1. The standard InChI is InChI=1S/C13H13FN2/c1-10-6-7-15-16-9-12(8-10)11-2-4-13(14)5-3-11/h2-9,15-16H,1H3. The molecule has 0 unspecified atom stereocenters. The van der Waals surface area contributed by atoms with Crippen LogP contribution in [0.2, 0.25) is 0 Å². The van der Waals surface area contributed by atoms with Crippen molar-refractivity contribution in [2.24, 2.45) is 0 Å². The van der Waals surface area contributed by atoms with Crippen molar-refractivity contribution < 1.29 is 4.39 Å². The van der Waals surface area contributed by atoms with E-state index in [0.29, 0.717) is 0 Å². The van der Waals surface area contributed by atoms with Crippen molar-refractivity contribution >= 4 is 0 Å². The third-order valence-electron chi connectivity index (χ3n) is 2.30. The fraction of sp³-hybridized carbons (Fsp3) is 0.0769. The van der Waals surface area contributed by atoms with E-state index >= 15 is 0 Å². The van der Waals surface area contributed by atoms with Crippen LogP contribution in [-0.4, -0.2) is 10.2 Å². The van der Waals surface area contributed by atoms with Gasteiger partial charge in [-0.1, -0.05) is 12.1 Å². The van der Waals surface area contributed by atoms with Gasteiger partial charge in [-0.15, -0.1) is 0 Å². The van der Waals surface area contributed by atoms with Crippen molar-refractivity contribution in [2.75, 3.05) is 0 Å². The number of hydrogen-bond donors (Lipinski definition) is 2. The second-order valence-electron chi connectivity index (χ2n) is 3.62. The minimum atomic E-state index is -0.220. The van der Waals surface area contributed by atoms with Gasteiger partial charge >= 0.3 is 0 Å². The summed E-state index contributed by atoms with van der Waals surface area (Å²) < 4.78 is 12.8. The van der Waals surface area contributed by atoms with Crippen LogP contribution in [0.5, 0.6) is 0 Å². The minimum absolute atomic E-state index is 0.220. The van der Waals surface area contributed by atoms with Gasteiger partial charge in [0.25, 0.3) is 0 Å². The van der Waals surface area contributed by atoms with Crippen LogP contribution in [0.3, 0.4) is 0 Å². The molecule has 0 aliphatic rings. The van der Waals surface area contributed by atoms with Crippen LogP contribution >= 0.6 is 0 Å². The summed E-state index contributed by atoms with van der Waals surface area (Å²) in [6.45, 7) is 2.01. The first-order chi connectivity index (χ1) is 7.75. The zero-order chi connectivity index (χ0) is 11.4. The fourth-order valence-corrected chi connectivity index (χ4v) is 1.48. The van der Waals surface area contributed by atoms with E-state index in [4.69, 9.17) is 0 Å². The summed E-state index contributed by atoms with van der Waals surface area (Å²) in [7, 11) is 0. The Kier molecular flexibility index (Phi) is 3.05. The van der Waals surface area contributed by atoms with Gasteiger partial charge in [0.05, 0.1) is 0 Å². The van der Waals surface area contributed by atoms with Crippen molar-refractivity contribution in [3.05, 3.63) is 60.2 Å². The quantitative estimate of drug-likeness (QED) is 0.730. The Hall–Kier alpha value is -2.03. The Morgan fingerprint density at radius 2 is 1.69 bits per heavy atom. The van der Waals surface area contributed by atoms with E-state index in [2.05, 4.69) is 10.2 Å². The lowest BCUT2D eigenvalue weighted by Crippen LogP contribution is -1.82. The van der Waals surface area contributed by atoms with Crippen LogP contribution in [0.25, 0.3) is 11.1 Å². The van der Waals surface area contributed by atoms with Gasteiger partial charge in [-0.2, -0.15) is 0 Å². The predicted octanol–water partition coefficient (Wildman–Crippen LogP) is 3.58. The number of nitrogens with one attached hydrogen (secondary N) is 2. The molecule has 16 heavy (non-hydrogen) atoms. The highest BCUT2D eigenvalue weighted by molar-refractivity contribution is 5.62. The van der Waals surface area contributed by atoms with Crippen molar-refractivity contribution in [3.63, 3.8) is 0 Å². The summed E-state index contributed by atoms with van der Waals surface area (Å²) in [5, 5.41) is 5.84. The maximum absolute atomic E-state index is 12.8. The number of aromatic amines is 2. The van der Waals surface area contributed by atoms with E-state index in [9.17, 15) is 4.39 Å². The summed E-state index contributed by atoms with van der Waals surface area (Å²) in [5.41, 5.74) is 3.12. The molecule has 2 aromatic rings. The van der Waals surface area contributed by atoms with Gasteiger partial charge < -0.3 is 10.2 Å². The Morgan fingerprint density at radius 1 is 0.938 bits per heavy atom. The van der Waals surface area contributed by atoms with Gasteiger partial charge in [-0.25, -0.2) is 4.39 Å². The van der Waals surface area contributed by atoms with Gasteiger partial charge in [0, 0.05) is 12.4 Å². The molecular weight excluding hydrogens is 203 g/mol. The molecule has 1 aromatic carbocycles. The molecular formula is C13H13FN2. The lowest BCUT2D eigenvalue weighted by molar-refractivity contribution is 0.628. The molecule has 0 saturated heterocycles. The summed E-state index contributed by atoms with van der Waals surface area (Å²) in [5.74, 6) is -0.220. The number of benzene rings is 1. The van der Waals surface area contributed by atoms with Gasteiger partial charge in [0.2, 0.25) is 0 Å². The van der Waals surface area contributed by atoms with Crippen molar-refractivity contribution in [1.82, 2.24) is 10.2 Å². The van der Waals surface area contributed by atoms with Crippen LogP contribution in [-0.2, 0) is 0 Å². The lowest BCUT2D eigenvalue weighted by Gasteiger charge is -2.00. The number of aryl methyl sites for hydroxylation is 1. The monoisotopic (exact) mass is 216 g/mol. The molecule has 0 saturated carbocycles. The molecule has 0 fully saturated rings. The van der Waals surface area contributed by atoms with Crippen LogP contribution in [0.4, 0.5) is 4.39 Å². The zero-order valence-corrected chi connectivity index (χ0v) is 9.00. The molecule has 0 aliphatic carbocycles. The molecule has 3 heteroatoms. The number of halogens is 1. The van der Waals surface area contributed by atoms with Crippen molar-refractivity contribution in [3.8, 4) is 11.1 Å². The topological polar surface area (TPSA) is 31.6 Å². The minimum Gasteiger partial charge on any atom is -0.309 e. The highest BCUT2D eigenvalue weighted by Gasteiger charge is 1.96. The molecule has 1 heterocycles. The van der Waals surface area contributed by atoms with E-state index in [-0.39, 0.29) is 5.82 Å². The first kappa shape index (κ1) is 10.5. The summed E-state index contributed by atoms with van der Waals surface area (Å²) in [4.78, 5) is 0. The van der Waals surface area contributed by atoms with Gasteiger partial charge in [-0.3, -0.25) is 0 Å². The van der Waals surface area contributed by atoms with E-state index in [1.54, 1.807) is 12.1 Å². The number of aromatic nitrogens is 2. The first-order valence-corrected chi connectivity index (χ1v) is 5.08. The smallest absolute Gasteiger partial charge is 0.123 e. The number of hydrogen-bond acceptors (Lipinski definition) is 0. The average Bonchev–Trinajstić information content (AvgIpc) is 2.24. The molecule has 0 amide bonds. The van der Waals surface area contributed by atoms with Gasteiger partial charge in [-0.05, 0) is 47.9 Å². The molecule has 0 aliphatic heterocycles. The van der Waals surface area contributed by atoms with E-state index in [1.807, 2.05) is 31.5 Å². The highest BCUT2D eigenvalue weighted by Crippen LogP contribution is 2.18. The maximum Gasteiger partial charge on any atom is 0.123 e. The molecule has 2 rings (SSSR count). The lowest BCUT2D eigenvalue weighted by atomic mass is 10.1. The molecule has 0 atom stereocenters. The SMILES string of the molecule is Cc1cc[nH][nH]cc(-c2ccc(F)cc2)c1. The molecule has 82 valence electrons. The van der Waals surface area contributed by atoms with Crippen molar-refractivity contribution in [1.29, 1.82) is 0 Å². The molecule has 0 radical (unpaired) electrons. The van der Waals surface area contributed by atoms with Gasteiger partial charge in [0.15, 0.2) is 0 Å². The largest absolute Gasteiger partial charge is 0.309 e. The summed E-state index contributed by atoms with van der Waals surface area (Å²) >= 11 is 0. The normalized spacial score (nSPS) is 9.88. The summed E-state index contributed by atoms with van der Waals surface area (Å²) in [6, 6.07) is 10.4. The van der Waals surface area contributed by atoms with Crippen molar-refractivity contribution in [2.45, 2.75) is 6.92 Å². The average molecular weight is 216 g/mol. The molecule has 2 N–H and O–H groups in total.